The lowest BCUT2D eigenvalue weighted by atomic mass is 9.93. The molecule has 110 valence electrons. The van der Waals surface area contributed by atoms with Gasteiger partial charge in [-0.1, -0.05) is 6.07 Å². The number of carbonyl (C=O) groups excluding carboxylic acids is 1. The maximum absolute atomic E-state index is 14.4. The van der Waals surface area contributed by atoms with Crippen molar-refractivity contribution < 1.29 is 9.18 Å². The van der Waals surface area contributed by atoms with Gasteiger partial charge in [0.05, 0.1) is 0 Å². The minimum absolute atomic E-state index is 0.337. The third-order valence-electron chi connectivity index (χ3n) is 3.56. The van der Waals surface area contributed by atoms with Crippen LogP contribution in [0.4, 0.5) is 10.2 Å². The van der Waals surface area contributed by atoms with E-state index in [4.69, 9.17) is 0 Å². The molecule has 20 heavy (non-hydrogen) atoms. The topological polar surface area (TPSA) is 57.3 Å². The molecule has 1 aliphatic rings. The van der Waals surface area contributed by atoms with Crippen LogP contribution in [0.1, 0.15) is 12.8 Å². The van der Waals surface area contributed by atoms with E-state index in [0.717, 1.165) is 12.2 Å². The van der Waals surface area contributed by atoms with Gasteiger partial charge >= 0.3 is 0 Å². The fourth-order valence-electron chi connectivity index (χ4n) is 2.27. The first-order valence-electron chi connectivity index (χ1n) is 6.96. The maximum Gasteiger partial charge on any atom is 0.209 e. The molecule has 2 rings (SSSR count). The highest BCUT2D eigenvalue weighted by Crippen LogP contribution is 2.24. The van der Waals surface area contributed by atoms with Gasteiger partial charge < -0.3 is 15.5 Å². The molecule has 2 N–H and O–H groups in total. The van der Waals surface area contributed by atoms with E-state index in [2.05, 4.69) is 15.6 Å². The smallest absolute Gasteiger partial charge is 0.209 e. The van der Waals surface area contributed by atoms with Crippen LogP contribution in [-0.4, -0.2) is 54.7 Å². The summed E-state index contributed by atoms with van der Waals surface area (Å²) in [4.78, 5) is 16.4. The first kappa shape index (κ1) is 14.7. The van der Waals surface area contributed by atoms with Crippen LogP contribution in [0, 0.1) is 0 Å². The second-order valence-electron chi connectivity index (χ2n) is 5.11. The summed E-state index contributed by atoms with van der Waals surface area (Å²) in [6, 6.07) is 5.67. The average Bonchev–Trinajstić information content (AvgIpc) is 2.49. The molecule has 0 radical (unpaired) electrons. The lowest BCUT2D eigenvalue weighted by Crippen LogP contribution is -2.47. The number of aromatic nitrogens is 1. The summed E-state index contributed by atoms with van der Waals surface area (Å²) in [6.07, 6.45) is 3.34. The van der Waals surface area contributed by atoms with Gasteiger partial charge in [-0.3, -0.25) is 4.79 Å². The molecule has 1 aliphatic heterocycles. The number of anilines is 1. The molecule has 1 saturated heterocycles. The van der Waals surface area contributed by atoms with E-state index < -0.39 is 5.67 Å². The molecule has 0 aromatic carbocycles. The molecular weight excluding hydrogens is 259 g/mol. The van der Waals surface area contributed by atoms with Crippen molar-refractivity contribution in [1.29, 1.82) is 0 Å². The highest BCUT2D eigenvalue weighted by atomic mass is 19.1. The molecule has 1 fully saturated rings. The van der Waals surface area contributed by atoms with E-state index in [1.807, 2.05) is 18.2 Å². The molecular formula is C14H21FN4O. The molecule has 2 heterocycles. The SMILES string of the molecule is O=CN1CCC(F)(CNCCNc2ccccn2)CC1. The van der Waals surface area contributed by atoms with Gasteiger partial charge in [0.2, 0.25) is 6.41 Å². The Kier molecular flexibility index (Phi) is 5.29. The molecule has 0 atom stereocenters. The first-order valence-corrected chi connectivity index (χ1v) is 6.96. The Morgan fingerprint density at radius 3 is 2.80 bits per heavy atom. The number of nitrogens with one attached hydrogen (secondary N) is 2. The van der Waals surface area contributed by atoms with Gasteiger partial charge in [-0.05, 0) is 12.1 Å². The number of amides is 1. The van der Waals surface area contributed by atoms with Crippen LogP contribution in [-0.2, 0) is 4.79 Å². The number of rotatable bonds is 7. The number of halogens is 1. The van der Waals surface area contributed by atoms with Gasteiger partial charge in [0.1, 0.15) is 11.5 Å². The van der Waals surface area contributed by atoms with Gasteiger partial charge in [0.25, 0.3) is 0 Å². The number of carbonyl (C=O) groups is 1. The minimum Gasteiger partial charge on any atom is -0.369 e. The van der Waals surface area contributed by atoms with Gasteiger partial charge in [0.15, 0.2) is 0 Å². The molecule has 0 aliphatic carbocycles. The molecule has 1 amide bonds. The van der Waals surface area contributed by atoms with Crippen molar-refractivity contribution >= 4 is 12.2 Å². The highest BCUT2D eigenvalue weighted by Gasteiger charge is 2.33. The zero-order chi connectivity index (χ0) is 14.3. The van der Waals surface area contributed by atoms with Crippen molar-refractivity contribution in [2.45, 2.75) is 18.5 Å². The average molecular weight is 280 g/mol. The minimum atomic E-state index is -1.19. The lowest BCUT2D eigenvalue weighted by Gasteiger charge is -2.34. The Hall–Kier alpha value is -1.69. The number of hydrogen-bond acceptors (Lipinski definition) is 4. The summed E-state index contributed by atoms with van der Waals surface area (Å²) < 4.78 is 14.4. The number of nitrogens with zero attached hydrogens (tertiary/aromatic N) is 2. The summed E-state index contributed by atoms with van der Waals surface area (Å²) in [7, 11) is 0. The van der Waals surface area contributed by atoms with Gasteiger partial charge in [-0.25, -0.2) is 9.37 Å². The van der Waals surface area contributed by atoms with Crippen LogP contribution >= 0.6 is 0 Å². The predicted molar refractivity (Wildman–Crippen MR) is 76.3 cm³/mol. The second kappa shape index (κ2) is 7.19. The number of likely N-dealkylation sites (tertiary alicyclic amines) is 1. The normalized spacial score (nSPS) is 17.8. The van der Waals surface area contributed by atoms with Crippen molar-refractivity contribution in [2.75, 3.05) is 38.0 Å². The lowest BCUT2D eigenvalue weighted by molar-refractivity contribution is -0.120. The van der Waals surface area contributed by atoms with Crippen molar-refractivity contribution in [3.8, 4) is 0 Å². The third-order valence-corrected chi connectivity index (χ3v) is 3.56. The van der Waals surface area contributed by atoms with Crippen LogP contribution in [0.15, 0.2) is 24.4 Å². The summed E-state index contributed by atoms with van der Waals surface area (Å²) >= 11 is 0. The van der Waals surface area contributed by atoms with Crippen molar-refractivity contribution in [1.82, 2.24) is 15.2 Å². The van der Waals surface area contributed by atoms with Crippen molar-refractivity contribution in [3.05, 3.63) is 24.4 Å². The second-order valence-corrected chi connectivity index (χ2v) is 5.11. The summed E-state index contributed by atoms with van der Waals surface area (Å²) in [5.74, 6) is 0.823. The van der Waals surface area contributed by atoms with Crippen LogP contribution in [0.2, 0.25) is 0 Å². The molecule has 1 aromatic rings. The first-order chi connectivity index (χ1) is 9.72. The Bertz CT molecular complexity index is 407. The van der Waals surface area contributed by atoms with Gasteiger partial charge in [-0.15, -0.1) is 0 Å². The third kappa shape index (κ3) is 4.45. The Morgan fingerprint density at radius 2 is 2.15 bits per heavy atom. The fraction of sp³-hybridized carbons (Fsp3) is 0.571. The monoisotopic (exact) mass is 280 g/mol. The van der Waals surface area contributed by atoms with E-state index in [-0.39, 0.29) is 0 Å². The largest absolute Gasteiger partial charge is 0.369 e. The van der Waals surface area contributed by atoms with Crippen LogP contribution in [0.25, 0.3) is 0 Å². The molecule has 0 spiro atoms. The van der Waals surface area contributed by atoms with Gasteiger partial charge in [0, 0.05) is 51.8 Å². The van der Waals surface area contributed by atoms with Crippen molar-refractivity contribution in [3.63, 3.8) is 0 Å². The van der Waals surface area contributed by atoms with E-state index in [1.165, 1.54) is 0 Å². The molecule has 1 aromatic heterocycles. The summed E-state index contributed by atoms with van der Waals surface area (Å²) in [5, 5.41) is 6.29. The Balaban J connectivity index is 1.60. The van der Waals surface area contributed by atoms with Crippen LogP contribution in [0.5, 0.6) is 0 Å². The van der Waals surface area contributed by atoms with E-state index in [0.29, 0.717) is 45.6 Å². The molecule has 0 bridgehead atoms. The molecule has 0 saturated carbocycles. The number of hydrogen-bond donors (Lipinski definition) is 2. The zero-order valence-electron chi connectivity index (χ0n) is 11.5. The van der Waals surface area contributed by atoms with E-state index >= 15 is 0 Å². The van der Waals surface area contributed by atoms with E-state index in [1.54, 1.807) is 11.1 Å². The maximum atomic E-state index is 14.4. The zero-order valence-corrected chi connectivity index (χ0v) is 11.5. The fourth-order valence-corrected chi connectivity index (χ4v) is 2.27. The molecule has 0 unspecified atom stereocenters. The number of pyridine rings is 1. The molecule has 6 heteroatoms. The van der Waals surface area contributed by atoms with Crippen LogP contribution < -0.4 is 10.6 Å². The van der Waals surface area contributed by atoms with E-state index in [9.17, 15) is 9.18 Å². The quantitative estimate of drug-likeness (QED) is 0.579. The number of piperidine rings is 1. The van der Waals surface area contributed by atoms with Gasteiger partial charge in [-0.2, -0.15) is 0 Å². The number of alkyl halides is 1. The van der Waals surface area contributed by atoms with Crippen molar-refractivity contribution in [2.24, 2.45) is 0 Å². The predicted octanol–water partition coefficient (Wildman–Crippen LogP) is 1.04. The summed E-state index contributed by atoms with van der Waals surface area (Å²) in [6.45, 7) is 2.73. The Morgan fingerprint density at radius 1 is 1.35 bits per heavy atom. The highest BCUT2D eigenvalue weighted by molar-refractivity contribution is 5.47. The van der Waals surface area contributed by atoms with Crippen LogP contribution in [0.3, 0.4) is 0 Å². The Labute approximate surface area is 118 Å². The molecule has 5 nitrogen and oxygen atoms in total. The standard InChI is InChI=1S/C14H21FN4O/c15-14(4-9-19(12-20)10-5-14)11-16-7-8-18-13-3-1-2-6-17-13/h1-3,6,12,16H,4-5,7-11H2,(H,17,18). The summed E-state index contributed by atoms with van der Waals surface area (Å²) in [5.41, 5.74) is -1.19.